The number of para-hydroxylation sites is 1. The highest BCUT2D eigenvalue weighted by Gasteiger charge is 2.28. The van der Waals surface area contributed by atoms with Gasteiger partial charge in [0.05, 0.1) is 12.6 Å². The molecule has 170 valence electrons. The maximum Gasteiger partial charge on any atom is 0.243 e. The number of benzene rings is 1. The number of aliphatic imine (C=N–C) groups is 1. The van der Waals surface area contributed by atoms with Crippen molar-refractivity contribution in [2.45, 2.75) is 24.9 Å². The van der Waals surface area contributed by atoms with E-state index in [9.17, 15) is 9.18 Å². The molecule has 3 heterocycles. The molecule has 2 aliphatic rings. The van der Waals surface area contributed by atoms with E-state index in [-0.39, 0.29) is 30.4 Å². The lowest BCUT2D eigenvalue weighted by Crippen LogP contribution is -2.47. The van der Waals surface area contributed by atoms with E-state index in [1.54, 1.807) is 26.4 Å². The van der Waals surface area contributed by atoms with E-state index in [0.29, 0.717) is 31.5 Å². The summed E-state index contributed by atoms with van der Waals surface area (Å²) < 4.78 is 19.9. The molecule has 0 radical (unpaired) electrons. The van der Waals surface area contributed by atoms with Crippen LogP contribution in [0.5, 0.6) is 5.75 Å². The second-order valence-corrected chi connectivity index (χ2v) is 8.21. The Hall–Kier alpha value is -3.36. The lowest BCUT2D eigenvalue weighted by Gasteiger charge is -2.29. The second-order valence-electron chi connectivity index (χ2n) is 8.21. The smallest absolute Gasteiger partial charge is 0.243 e. The molecule has 2 atom stereocenters. The number of pyridine rings is 1. The maximum absolute atomic E-state index is 14.2. The molecule has 1 saturated heterocycles. The fourth-order valence-electron chi connectivity index (χ4n) is 3.95. The molecule has 1 aromatic heterocycles. The molecule has 9 heteroatoms. The van der Waals surface area contributed by atoms with Gasteiger partial charge in [0.15, 0.2) is 17.6 Å². The first-order chi connectivity index (χ1) is 15.5. The zero-order valence-corrected chi connectivity index (χ0v) is 18.4. The summed E-state index contributed by atoms with van der Waals surface area (Å²) in [5.74, 6) is 1.38. The van der Waals surface area contributed by atoms with Crippen LogP contribution in [0.15, 0.2) is 47.6 Å². The predicted molar refractivity (Wildman–Crippen MR) is 121 cm³/mol. The van der Waals surface area contributed by atoms with Crippen LogP contribution in [0.2, 0.25) is 0 Å². The topological polar surface area (TPSA) is 82.1 Å². The average Bonchev–Trinajstić information content (AvgIpc) is 3.26. The van der Waals surface area contributed by atoms with Gasteiger partial charge in [0.25, 0.3) is 0 Å². The van der Waals surface area contributed by atoms with Crippen LogP contribution in [0, 0.1) is 5.82 Å². The first-order valence-electron chi connectivity index (χ1n) is 10.9. The van der Waals surface area contributed by atoms with E-state index in [1.807, 2.05) is 29.2 Å². The van der Waals surface area contributed by atoms with E-state index in [0.717, 1.165) is 24.2 Å². The summed E-state index contributed by atoms with van der Waals surface area (Å²) in [4.78, 5) is 24.3. The first kappa shape index (κ1) is 21.9. The van der Waals surface area contributed by atoms with Crippen LogP contribution in [-0.2, 0) is 4.79 Å². The Morgan fingerprint density at radius 2 is 2.09 bits per heavy atom. The number of anilines is 1. The van der Waals surface area contributed by atoms with Gasteiger partial charge in [-0.05, 0) is 24.6 Å². The van der Waals surface area contributed by atoms with Crippen molar-refractivity contribution in [1.29, 1.82) is 0 Å². The number of hydrogen-bond donors (Lipinski definition) is 2. The molecule has 2 aromatic rings. The number of aromatic nitrogens is 1. The summed E-state index contributed by atoms with van der Waals surface area (Å²) in [6, 6.07) is 11.0. The van der Waals surface area contributed by atoms with Gasteiger partial charge in [0.2, 0.25) is 5.91 Å². The predicted octanol–water partition coefficient (Wildman–Crippen LogP) is 1.95. The van der Waals surface area contributed by atoms with E-state index < -0.39 is 0 Å². The van der Waals surface area contributed by atoms with Crippen molar-refractivity contribution in [2.75, 3.05) is 45.2 Å². The number of carbonyl (C=O) groups is 1. The number of nitrogens with zero attached hydrogens (tertiary/aromatic N) is 4. The van der Waals surface area contributed by atoms with Crippen LogP contribution >= 0.6 is 0 Å². The Morgan fingerprint density at radius 3 is 2.91 bits per heavy atom. The molecule has 32 heavy (non-hydrogen) atoms. The van der Waals surface area contributed by atoms with Crippen LogP contribution < -0.4 is 20.3 Å². The molecule has 2 N–H and O–H groups in total. The Labute approximate surface area is 187 Å². The zero-order valence-electron chi connectivity index (χ0n) is 18.4. The minimum absolute atomic E-state index is 0.0198. The average molecular weight is 441 g/mol. The lowest BCUT2D eigenvalue weighted by molar-refractivity contribution is -0.127. The number of hydrogen-bond acceptors (Lipinski definition) is 5. The number of likely N-dealkylation sites (N-methyl/N-ethyl adjacent to an activating group) is 1. The zero-order chi connectivity index (χ0) is 22.5. The number of ether oxygens (including phenoxy) is 1. The molecule has 0 bridgehead atoms. The summed E-state index contributed by atoms with van der Waals surface area (Å²) in [6.45, 7) is 1.93. The van der Waals surface area contributed by atoms with Gasteiger partial charge in [0, 0.05) is 51.4 Å². The van der Waals surface area contributed by atoms with Crippen molar-refractivity contribution in [2.24, 2.45) is 4.99 Å². The highest BCUT2D eigenvalue weighted by molar-refractivity contribution is 5.85. The van der Waals surface area contributed by atoms with Gasteiger partial charge in [-0.15, -0.1) is 0 Å². The third kappa shape index (κ3) is 5.09. The Morgan fingerprint density at radius 1 is 1.25 bits per heavy atom. The molecular weight excluding hydrogens is 411 g/mol. The molecule has 1 amide bonds. The Balaban J connectivity index is 1.47. The minimum atomic E-state index is -0.324. The molecule has 0 spiro atoms. The fraction of sp³-hybridized carbons (Fsp3) is 0.435. The summed E-state index contributed by atoms with van der Waals surface area (Å²) in [5, 5.41) is 6.92. The minimum Gasteiger partial charge on any atom is -0.493 e. The van der Waals surface area contributed by atoms with Crippen molar-refractivity contribution in [3.8, 4) is 5.75 Å². The number of fused-ring (bicyclic) bond motifs is 1. The van der Waals surface area contributed by atoms with Crippen LogP contribution in [0.3, 0.4) is 0 Å². The van der Waals surface area contributed by atoms with Crippen molar-refractivity contribution < 1.29 is 13.9 Å². The molecule has 0 saturated carbocycles. The highest BCUT2D eigenvalue weighted by atomic mass is 19.1. The summed E-state index contributed by atoms with van der Waals surface area (Å²) >= 11 is 0. The fourth-order valence-corrected chi connectivity index (χ4v) is 3.95. The summed E-state index contributed by atoms with van der Waals surface area (Å²) in [6.07, 6.45) is 3.20. The molecule has 1 aromatic carbocycles. The van der Waals surface area contributed by atoms with E-state index in [2.05, 4.69) is 20.6 Å². The van der Waals surface area contributed by atoms with Crippen molar-refractivity contribution in [1.82, 2.24) is 20.5 Å². The number of halogens is 1. The number of carbonyl (C=O) groups excluding carboxylic acids is 1. The number of nitrogens with one attached hydrogen (secondary N) is 2. The Bertz CT molecular complexity index is 982. The highest BCUT2D eigenvalue weighted by Crippen LogP contribution is 2.31. The molecular formula is C23H29FN6O2. The lowest BCUT2D eigenvalue weighted by atomic mass is 10.0. The van der Waals surface area contributed by atoms with Crippen molar-refractivity contribution >= 4 is 17.7 Å². The van der Waals surface area contributed by atoms with Crippen molar-refractivity contribution in [3.63, 3.8) is 0 Å². The molecule has 0 aliphatic carbocycles. The number of amides is 1. The summed E-state index contributed by atoms with van der Waals surface area (Å²) in [5.41, 5.74) is 1.07. The molecule has 4 rings (SSSR count). The largest absolute Gasteiger partial charge is 0.493 e. The standard InChI is InChI=1S/C23H29FN6O2/c1-29(2)21(31)14-26-23(28-19-10-13-32-20-8-4-3-6-17(19)20)27-16-9-12-30(15-16)22-18(24)7-5-11-25-22/h3-8,11,16,19H,9-10,12-15H2,1-2H3,(H2,26,27,28). The third-order valence-electron chi connectivity index (χ3n) is 5.71. The van der Waals surface area contributed by atoms with Crippen LogP contribution in [0.25, 0.3) is 0 Å². The van der Waals surface area contributed by atoms with Gasteiger partial charge in [-0.2, -0.15) is 0 Å². The molecule has 2 aliphatic heterocycles. The summed E-state index contributed by atoms with van der Waals surface area (Å²) in [7, 11) is 3.42. The van der Waals surface area contributed by atoms with E-state index in [1.165, 1.54) is 11.0 Å². The number of guanidine groups is 1. The third-order valence-corrected chi connectivity index (χ3v) is 5.71. The van der Waals surface area contributed by atoms with E-state index >= 15 is 0 Å². The van der Waals surface area contributed by atoms with Gasteiger partial charge in [-0.3, -0.25) is 4.79 Å². The van der Waals surface area contributed by atoms with Crippen LogP contribution in [-0.4, -0.2) is 68.1 Å². The van der Waals surface area contributed by atoms with Gasteiger partial charge in [-0.1, -0.05) is 18.2 Å². The Kier molecular flexibility index (Phi) is 6.72. The SMILES string of the molecule is CN(C)C(=O)CN=C(NC1CCN(c2ncccc2F)C1)NC1CCOc2ccccc21. The van der Waals surface area contributed by atoms with Crippen LogP contribution in [0.4, 0.5) is 10.2 Å². The molecule has 8 nitrogen and oxygen atoms in total. The van der Waals surface area contributed by atoms with Crippen LogP contribution in [0.1, 0.15) is 24.4 Å². The quantitative estimate of drug-likeness (QED) is 0.546. The van der Waals surface area contributed by atoms with Crippen molar-refractivity contribution in [3.05, 3.63) is 54.0 Å². The first-order valence-corrected chi connectivity index (χ1v) is 10.9. The van der Waals surface area contributed by atoms with Gasteiger partial charge in [-0.25, -0.2) is 14.4 Å². The second kappa shape index (κ2) is 9.84. The van der Waals surface area contributed by atoms with E-state index in [4.69, 9.17) is 4.74 Å². The van der Waals surface area contributed by atoms with Gasteiger partial charge < -0.3 is 25.2 Å². The monoisotopic (exact) mass is 440 g/mol. The molecule has 1 fully saturated rings. The molecule has 2 unspecified atom stereocenters. The van der Waals surface area contributed by atoms with Gasteiger partial charge in [0.1, 0.15) is 12.3 Å². The van der Waals surface area contributed by atoms with Gasteiger partial charge >= 0.3 is 0 Å². The number of rotatable bonds is 5. The normalized spacial score (nSPS) is 20.3. The maximum atomic E-state index is 14.2.